The van der Waals surface area contributed by atoms with Crippen molar-refractivity contribution in [1.82, 2.24) is 10.6 Å². The van der Waals surface area contributed by atoms with Crippen molar-refractivity contribution in [3.8, 4) is 0 Å². The van der Waals surface area contributed by atoms with Gasteiger partial charge >= 0.3 is 6.18 Å². The Balaban J connectivity index is 1.98. The van der Waals surface area contributed by atoms with E-state index in [9.17, 15) is 37.1 Å². The first-order chi connectivity index (χ1) is 16.4. The summed E-state index contributed by atoms with van der Waals surface area (Å²) in [4.78, 5) is 62.6. The van der Waals surface area contributed by atoms with Crippen molar-refractivity contribution >= 4 is 35.1 Å². The zero-order chi connectivity index (χ0) is 25.9. The lowest BCUT2D eigenvalue weighted by Gasteiger charge is -2.23. The van der Waals surface area contributed by atoms with Gasteiger partial charge in [-0.15, -0.1) is 0 Å². The molecule has 12 heteroatoms. The molecule has 2 fully saturated rings. The largest absolute Gasteiger partial charge is 0.389 e. The van der Waals surface area contributed by atoms with Crippen LogP contribution >= 0.6 is 0 Å². The van der Waals surface area contributed by atoms with Crippen molar-refractivity contribution in [3.05, 3.63) is 29.3 Å². The number of ketones is 1. The Morgan fingerprint density at radius 2 is 1.89 bits per heavy atom. The Bertz CT molecular complexity index is 1040. The number of nitrogens with one attached hydrogen (secondary N) is 3. The van der Waals surface area contributed by atoms with Crippen LogP contribution in [0.5, 0.6) is 0 Å². The van der Waals surface area contributed by atoms with Crippen LogP contribution in [0.25, 0.3) is 0 Å². The van der Waals surface area contributed by atoms with Crippen LogP contribution in [0.1, 0.15) is 67.3 Å². The van der Waals surface area contributed by atoms with E-state index in [0.717, 1.165) is 12.8 Å². The maximum Gasteiger partial charge on any atom is 0.389 e. The lowest BCUT2D eigenvalue weighted by molar-refractivity contribution is -0.142. The summed E-state index contributed by atoms with van der Waals surface area (Å²) in [6.45, 7) is 1.79. The topological polar surface area (TPSA) is 147 Å². The number of rotatable bonds is 10. The number of hydrogen-bond acceptors (Lipinski definition) is 5. The average molecular weight is 496 g/mol. The standard InChI is InChI=1S/C23H27F3N4O5/c1-11-9-12(21(34)28-11)10-16(19(32)22(35)29-13-5-6-13)14-3-2-4-15(20(27)33)18(14)30-17(31)7-8-23(24,25)26/h2-4,11-13,16H,5-10H2,1H3,(H2,27,33)(H,28,34)(H,29,35)(H,30,31)/t11-,12-,16+/m1/s1. The van der Waals surface area contributed by atoms with Gasteiger partial charge in [0.25, 0.3) is 11.8 Å². The van der Waals surface area contributed by atoms with Crippen molar-refractivity contribution in [3.63, 3.8) is 0 Å². The van der Waals surface area contributed by atoms with Crippen LogP contribution in [-0.2, 0) is 19.2 Å². The van der Waals surface area contributed by atoms with E-state index >= 15 is 0 Å². The number of alkyl halides is 3. The second kappa shape index (κ2) is 10.4. The number of Topliss-reactive ketones (excluding diaryl/α,β-unsaturated/α-hetero) is 1. The van der Waals surface area contributed by atoms with E-state index in [0.29, 0.717) is 6.42 Å². The Morgan fingerprint density at radius 3 is 2.43 bits per heavy atom. The van der Waals surface area contributed by atoms with E-state index < -0.39 is 54.4 Å². The van der Waals surface area contributed by atoms with Gasteiger partial charge in [0.15, 0.2) is 0 Å². The number of carbonyl (C=O) groups excluding carboxylic acids is 5. The molecular weight excluding hydrogens is 469 g/mol. The van der Waals surface area contributed by atoms with Crippen LogP contribution in [0, 0.1) is 5.92 Å². The summed E-state index contributed by atoms with van der Waals surface area (Å²) in [6.07, 6.45) is -5.13. The number of nitrogens with two attached hydrogens (primary N) is 1. The summed E-state index contributed by atoms with van der Waals surface area (Å²) in [7, 11) is 0. The number of carbonyl (C=O) groups is 5. The lowest BCUT2D eigenvalue weighted by Crippen LogP contribution is -2.37. The molecule has 35 heavy (non-hydrogen) atoms. The van der Waals surface area contributed by atoms with Gasteiger partial charge in [-0.1, -0.05) is 12.1 Å². The van der Waals surface area contributed by atoms with Gasteiger partial charge in [-0.05, 0) is 44.2 Å². The highest BCUT2D eigenvalue weighted by Crippen LogP contribution is 2.36. The fourth-order valence-corrected chi connectivity index (χ4v) is 4.12. The SMILES string of the molecule is C[C@@H]1C[C@H](C[C@H](C(=O)C(=O)NC2CC2)c2cccc(C(N)=O)c2NC(=O)CCC(F)(F)F)C(=O)N1. The fraction of sp³-hybridized carbons (Fsp3) is 0.522. The summed E-state index contributed by atoms with van der Waals surface area (Å²) in [5.41, 5.74) is 4.98. The minimum Gasteiger partial charge on any atom is -0.366 e. The number of para-hydroxylation sites is 1. The van der Waals surface area contributed by atoms with E-state index in [4.69, 9.17) is 5.73 Å². The lowest BCUT2D eigenvalue weighted by atomic mass is 9.82. The van der Waals surface area contributed by atoms with Gasteiger partial charge in [-0.3, -0.25) is 24.0 Å². The molecule has 3 atom stereocenters. The van der Waals surface area contributed by atoms with Gasteiger partial charge in [-0.25, -0.2) is 0 Å². The summed E-state index contributed by atoms with van der Waals surface area (Å²) < 4.78 is 37.8. The number of benzene rings is 1. The molecule has 0 unspecified atom stereocenters. The summed E-state index contributed by atoms with van der Waals surface area (Å²) >= 11 is 0. The second-order valence-corrected chi connectivity index (χ2v) is 9.04. The van der Waals surface area contributed by atoms with Crippen molar-refractivity contribution in [1.29, 1.82) is 0 Å². The monoisotopic (exact) mass is 496 g/mol. The first-order valence-electron chi connectivity index (χ1n) is 11.3. The highest BCUT2D eigenvalue weighted by atomic mass is 19.4. The Labute approximate surface area is 199 Å². The van der Waals surface area contributed by atoms with Crippen molar-refractivity contribution < 1.29 is 37.1 Å². The zero-order valence-corrected chi connectivity index (χ0v) is 19.0. The van der Waals surface area contributed by atoms with E-state index in [2.05, 4.69) is 16.0 Å². The molecule has 1 aromatic carbocycles. The summed E-state index contributed by atoms with van der Waals surface area (Å²) in [5.74, 6) is -5.96. The molecule has 1 saturated heterocycles. The van der Waals surface area contributed by atoms with Crippen LogP contribution in [0.4, 0.5) is 18.9 Å². The third-order valence-corrected chi connectivity index (χ3v) is 6.01. The maximum atomic E-state index is 13.2. The average Bonchev–Trinajstić information content (AvgIpc) is 3.52. The molecule has 0 spiro atoms. The normalized spacial score (nSPS) is 20.6. The number of primary amides is 1. The smallest absolute Gasteiger partial charge is 0.366 e. The minimum absolute atomic E-state index is 0.0324. The molecular formula is C23H27F3N4O5. The predicted molar refractivity (Wildman–Crippen MR) is 118 cm³/mol. The van der Waals surface area contributed by atoms with E-state index in [1.807, 2.05) is 0 Å². The minimum atomic E-state index is -4.57. The number of amides is 4. The molecule has 1 heterocycles. The van der Waals surface area contributed by atoms with Crippen molar-refractivity contribution in [2.75, 3.05) is 5.32 Å². The Kier molecular flexibility index (Phi) is 7.81. The quantitative estimate of drug-likeness (QED) is 0.366. The fourth-order valence-electron chi connectivity index (χ4n) is 4.12. The molecule has 2 aliphatic rings. The van der Waals surface area contributed by atoms with Gasteiger partial charge in [0, 0.05) is 24.4 Å². The summed E-state index contributed by atoms with van der Waals surface area (Å²) in [6, 6.07) is 3.75. The van der Waals surface area contributed by atoms with Gasteiger partial charge < -0.3 is 21.7 Å². The molecule has 1 aliphatic heterocycles. The molecule has 5 N–H and O–H groups in total. The molecule has 1 aliphatic carbocycles. The molecule has 0 aromatic heterocycles. The first kappa shape index (κ1) is 26.2. The van der Waals surface area contributed by atoms with Gasteiger partial charge in [0.05, 0.1) is 23.6 Å². The molecule has 1 aromatic rings. The molecule has 3 rings (SSSR count). The third-order valence-electron chi connectivity index (χ3n) is 6.01. The van der Waals surface area contributed by atoms with Crippen LogP contribution in [0.3, 0.4) is 0 Å². The Hall–Kier alpha value is -3.44. The van der Waals surface area contributed by atoms with Crippen molar-refractivity contribution in [2.45, 2.75) is 69.6 Å². The van der Waals surface area contributed by atoms with Crippen LogP contribution in [0.15, 0.2) is 18.2 Å². The van der Waals surface area contributed by atoms with Gasteiger partial charge in [-0.2, -0.15) is 13.2 Å². The van der Waals surface area contributed by atoms with E-state index in [-0.39, 0.29) is 41.2 Å². The first-order valence-corrected chi connectivity index (χ1v) is 11.3. The molecule has 9 nitrogen and oxygen atoms in total. The van der Waals surface area contributed by atoms with E-state index in [1.54, 1.807) is 6.92 Å². The second-order valence-electron chi connectivity index (χ2n) is 9.04. The van der Waals surface area contributed by atoms with Crippen LogP contribution < -0.4 is 21.7 Å². The van der Waals surface area contributed by atoms with E-state index in [1.165, 1.54) is 18.2 Å². The highest BCUT2D eigenvalue weighted by Gasteiger charge is 2.39. The van der Waals surface area contributed by atoms with Crippen LogP contribution in [0.2, 0.25) is 0 Å². The highest BCUT2D eigenvalue weighted by molar-refractivity contribution is 6.38. The third kappa shape index (κ3) is 7.03. The van der Waals surface area contributed by atoms with Crippen molar-refractivity contribution in [2.24, 2.45) is 11.7 Å². The van der Waals surface area contributed by atoms with Gasteiger partial charge in [0.1, 0.15) is 0 Å². The molecule has 0 bridgehead atoms. The number of hydrogen-bond donors (Lipinski definition) is 4. The number of anilines is 1. The maximum absolute atomic E-state index is 13.2. The predicted octanol–water partition coefficient (Wildman–Crippen LogP) is 1.91. The molecule has 4 amide bonds. The number of halogens is 3. The Morgan fingerprint density at radius 1 is 1.20 bits per heavy atom. The molecule has 190 valence electrons. The molecule has 1 saturated carbocycles. The zero-order valence-electron chi connectivity index (χ0n) is 19.0. The summed E-state index contributed by atoms with van der Waals surface area (Å²) in [5, 5.41) is 7.61. The van der Waals surface area contributed by atoms with Gasteiger partial charge in [0.2, 0.25) is 17.6 Å². The molecule has 0 radical (unpaired) electrons. The van der Waals surface area contributed by atoms with Crippen LogP contribution in [-0.4, -0.2) is 47.7 Å².